The number of thiazole rings is 1. The van der Waals surface area contributed by atoms with Gasteiger partial charge in [0, 0.05) is 35.0 Å². The standard InChI is InChI=1S/C25H24ClF3N2O4S2/c1-3-15-10-17(8-13(2)25(15,33)24-30-6-7-36-24)37(34,35)21-9-14(4-5-18(21)26)23(32)31-16-11-19(27)22(29)20(28)12-16/h4-7,9,11-13,15,17,33H,3,8,10H2,1-2H3,(H,31,32)/t13-,15?,17+,25-/m0/s1. The number of carbonyl (C=O) groups is 1. The molecule has 2 N–H and O–H groups in total. The number of anilines is 1. The zero-order chi connectivity index (χ0) is 27.1. The number of aliphatic hydroxyl groups is 1. The third-order valence-corrected chi connectivity index (χ3v) is 10.6. The van der Waals surface area contributed by atoms with Crippen LogP contribution in [0.4, 0.5) is 18.9 Å². The summed E-state index contributed by atoms with van der Waals surface area (Å²) in [5, 5.41) is 15.2. The lowest BCUT2D eigenvalue weighted by Gasteiger charge is -2.46. The van der Waals surface area contributed by atoms with Crippen molar-refractivity contribution in [1.29, 1.82) is 0 Å². The van der Waals surface area contributed by atoms with Gasteiger partial charge >= 0.3 is 0 Å². The van der Waals surface area contributed by atoms with E-state index in [4.69, 9.17) is 11.6 Å². The quantitative estimate of drug-likeness (QED) is 0.356. The minimum absolute atomic E-state index is 0.0862. The second kappa shape index (κ2) is 10.4. The fourth-order valence-corrected chi connectivity index (χ4v) is 8.37. The smallest absolute Gasteiger partial charge is 0.255 e. The number of aromatic nitrogens is 1. The zero-order valence-electron chi connectivity index (χ0n) is 19.8. The Morgan fingerprint density at radius 3 is 2.49 bits per heavy atom. The molecule has 198 valence electrons. The molecule has 0 bridgehead atoms. The molecule has 0 radical (unpaired) electrons. The zero-order valence-corrected chi connectivity index (χ0v) is 22.2. The van der Waals surface area contributed by atoms with Crippen molar-refractivity contribution in [2.75, 3.05) is 5.32 Å². The maximum atomic E-state index is 13.7. The minimum atomic E-state index is -4.05. The fourth-order valence-electron chi connectivity index (χ4n) is 4.98. The van der Waals surface area contributed by atoms with Gasteiger partial charge in [-0.1, -0.05) is 31.9 Å². The van der Waals surface area contributed by atoms with E-state index in [1.165, 1.54) is 23.5 Å². The van der Waals surface area contributed by atoms with Crippen molar-refractivity contribution in [1.82, 2.24) is 4.98 Å². The molecule has 1 unspecified atom stereocenters. The van der Waals surface area contributed by atoms with Crippen LogP contribution in [0, 0.1) is 29.3 Å². The number of nitrogens with one attached hydrogen (secondary N) is 1. The molecular formula is C25H24ClF3N2O4S2. The fraction of sp³-hybridized carbons (Fsp3) is 0.360. The first-order chi connectivity index (χ1) is 17.4. The van der Waals surface area contributed by atoms with E-state index in [0.717, 1.165) is 6.07 Å². The van der Waals surface area contributed by atoms with Gasteiger partial charge in [0.1, 0.15) is 10.6 Å². The van der Waals surface area contributed by atoms with Gasteiger partial charge in [-0.15, -0.1) is 11.3 Å². The van der Waals surface area contributed by atoms with E-state index < -0.39 is 50.0 Å². The van der Waals surface area contributed by atoms with Crippen LogP contribution in [-0.4, -0.2) is 29.7 Å². The molecule has 6 nitrogen and oxygen atoms in total. The van der Waals surface area contributed by atoms with Crippen LogP contribution < -0.4 is 5.32 Å². The van der Waals surface area contributed by atoms with Gasteiger partial charge in [-0.25, -0.2) is 26.6 Å². The highest BCUT2D eigenvalue weighted by Gasteiger charge is 2.52. The second-order valence-electron chi connectivity index (χ2n) is 9.16. The summed E-state index contributed by atoms with van der Waals surface area (Å²) < 4.78 is 67.7. The summed E-state index contributed by atoms with van der Waals surface area (Å²) in [4.78, 5) is 16.8. The SMILES string of the molecule is CCC1C[C@H](S(=O)(=O)c2cc(C(=O)Nc3cc(F)c(F)c(F)c3)ccc2Cl)C[C@H](C)[C@@]1(O)c1nccs1. The van der Waals surface area contributed by atoms with Crippen LogP contribution in [0.2, 0.25) is 5.02 Å². The number of nitrogens with zero attached hydrogens (tertiary/aromatic N) is 1. The monoisotopic (exact) mass is 572 g/mol. The van der Waals surface area contributed by atoms with Crippen molar-refractivity contribution < 1.29 is 31.5 Å². The number of rotatable bonds is 6. The minimum Gasteiger partial charge on any atom is -0.382 e. The lowest BCUT2D eigenvalue weighted by Crippen LogP contribution is -2.49. The van der Waals surface area contributed by atoms with Crippen LogP contribution in [0.25, 0.3) is 0 Å². The Morgan fingerprint density at radius 2 is 1.89 bits per heavy atom. The molecule has 1 heterocycles. The number of carbonyl (C=O) groups excluding carboxylic acids is 1. The molecule has 0 spiro atoms. The summed E-state index contributed by atoms with van der Waals surface area (Å²) in [6.07, 6.45) is 2.44. The highest BCUT2D eigenvalue weighted by atomic mass is 35.5. The number of benzene rings is 2. The molecule has 1 saturated carbocycles. The maximum Gasteiger partial charge on any atom is 0.255 e. The predicted molar refractivity (Wildman–Crippen MR) is 135 cm³/mol. The first-order valence-corrected chi connectivity index (χ1v) is 14.3. The van der Waals surface area contributed by atoms with Crippen molar-refractivity contribution >= 4 is 44.4 Å². The summed E-state index contributed by atoms with van der Waals surface area (Å²) in [7, 11) is -4.05. The van der Waals surface area contributed by atoms with Gasteiger partial charge in [-0.05, 0) is 42.9 Å². The number of hydrogen-bond acceptors (Lipinski definition) is 6. The summed E-state index contributed by atoms with van der Waals surface area (Å²) in [6.45, 7) is 3.67. The average Bonchev–Trinajstić information content (AvgIpc) is 3.39. The van der Waals surface area contributed by atoms with Gasteiger partial charge in [0.05, 0.1) is 15.2 Å². The van der Waals surface area contributed by atoms with E-state index in [9.17, 15) is 31.5 Å². The Hall–Kier alpha value is -2.47. The van der Waals surface area contributed by atoms with Crippen LogP contribution in [0.1, 0.15) is 48.5 Å². The van der Waals surface area contributed by atoms with Gasteiger partial charge in [0.2, 0.25) is 0 Å². The van der Waals surface area contributed by atoms with E-state index in [-0.39, 0.29) is 39.9 Å². The van der Waals surface area contributed by atoms with E-state index in [1.54, 1.807) is 18.5 Å². The van der Waals surface area contributed by atoms with Crippen molar-refractivity contribution in [2.45, 2.75) is 48.9 Å². The molecule has 0 saturated heterocycles. The van der Waals surface area contributed by atoms with Crippen molar-refractivity contribution in [3.05, 3.63) is 75.0 Å². The molecule has 2 aromatic carbocycles. The maximum absolute atomic E-state index is 13.7. The van der Waals surface area contributed by atoms with Crippen molar-refractivity contribution in [3.8, 4) is 0 Å². The van der Waals surface area contributed by atoms with Crippen molar-refractivity contribution in [3.63, 3.8) is 0 Å². The van der Waals surface area contributed by atoms with Crippen LogP contribution >= 0.6 is 22.9 Å². The van der Waals surface area contributed by atoms with Crippen LogP contribution in [-0.2, 0) is 15.4 Å². The second-order valence-corrected chi connectivity index (χ2v) is 12.7. The molecule has 1 aliphatic rings. The number of halogens is 4. The first-order valence-electron chi connectivity index (χ1n) is 11.5. The lowest BCUT2D eigenvalue weighted by atomic mass is 9.68. The van der Waals surface area contributed by atoms with E-state index in [0.29, 0.717) is 23.6 Å². The number of hydrogen-bond donors (Lipinski definition) is 2. The van der Waals surface area contributed by atoms with Crippen molar-refractivity contribution in [2.24, 2.45) is 11.8 Å². The van der Waals surface area contributed by atoms with E-state index >= 15 is 0 Å². The third kappa shape index (κ3) is 5.01. The van der Waals surface area contributed by atoms with E-state index in [2.05, 4.69) is 10.3 Å². The summed E-state index contributed by atoms with van der Waals surface area (Å²) in [5.74, 6) is -6.30. The molecule has 1 fully saturated rings. The highest BCUT2D eigenvalue weighted by Crippen LogP contribution is 2.50. The summed E-state index contributed by atoms with van der Waals surface area (Å²) in [6, 6.07) is 4.86. The van der Waals surface area contributed by atoms with Gasteiger partial charge in [-0.3, -0.25) is 4.79 Å². The Balaban J connectivity index is 1.63. The van der Waals surface area contributed by atoms with Crippen LogP contribution in [0.15, 0.2) is 46.8 Å². The molecule has 37 heavy (non-hydrogen) atoms. The lowest BCUT2D eigenvalue weighted by molar-refractivity contribution is -0.0958. The Kier molecular flexibility index (Phi) is 7.72. The van der Waals surface area contributed by atoms with Crippen LogP contribution in [0.5, 0.6) is 0 Å². The van der Waals surface area contributed by atoms with Gasteiger partial charge in [-0.2, -0.15) is 0 Å². The molecule has 4 atom stereocenters. The first kappa shape index (κ1) is 27.6. The molecular weight excluding hydrogens is 549 g/mol. The Morgan fingerprint density at radius 1 is 1.22 bits per heavy atom. The molecule has 1 aromatic heterocycles. The highest BCUT2D eigenvalue weighted by molar-refractivity contribution is 7.92. The number of amides is 1. The van der Waals surface area contributed by atoms with E-state index in [1.807, 2.05) is 6.92 Å². The largest absolute Gasteiger partial charge is 0.382 e. The Labute approximate surface area is 221 Å². The van der Waals surface area contributed by atoms with Gasteiger partial charge < -0.3 is 10.4 Å². The molecule has 1 amide bonds. The van der Waals surface area contributed by atoms with Crippen LogP contribution in [0.3, 0.4) is 0 Å². The third-order valence-electron chi connectivity index (χ3n) is 6.99. The normalized spacial score (nSPS) is 24.1. The van der Waals surface area contributed by atoms with Gasteiger partial charge in [0.25, 0.3) is 5.91 Å². The average molecular weight is 573 g/mol. The molecule has 4 rings (SSSR count). The summed E-state index contributed by atoms with van der Waals surface area (Å²) >= 11 is 7.58. The molecule has 3 aromatic rings. The predicted octanol–water partition coefficient (Wildman–Crippen LogP) is 5.95. The topological polar surface area (TPSA) is 96.4 Å². The number of sulfone groups is 1. The summed E-state index contributed by atoms with van der Waals surface area (Å²) in [5.41, 5.74) is -1.72. The Bertz CT molecular complexity index is 1410. The van der Waals surface area contributed by atoms with Gasteiger partial charge in [0.15, 0.2) is 27.3 Å². The molecule has 12 heteroatoms. The molecule has 0 aliphatic heterocycles. The molecule has 1 aliphatic carbocycles.